The van der Waals surface area contributed by atoms with E-state index < -0.39 is 18.5 Å². The maximum absolute atomic E-state index is 11.9. The number of hydrogen-bond donors (Lipinski definition) is 1. The number of carbonyl (C=O) groups is 2. The lowest BCUT2D eigenvalue weighted by Gasteiger charge is -2.10. The van der Waals surface area contributed by atoms with E-state index in [-0.39, 0.29) is 17.7 Å². The molecule has 0 spiro atoms. The van der Waals surface area contributed by atoms with Gasteiger partial charge in [0, 0.05) is 10.6 Å². The number of nitriles is 1. The molecule has 25 heavy (non-hydrogen) atoms. The van der Waals surface area contributed by atoms with E-state index in [1.54, 1.807) is 30.3 Å². The van der Waals surface area contributed by atoms with Gasteiger partial charge in [-0.2, -0.15) is 5.26 Å². The van der Waals surface area contributed by atoms with Crippen LogP contribution in [0.25, 0.3) is 0 Å². The molecule has 7 heteroatoms. The zero-order valence-electron chi connectivity index (χ0n) is 13.4. The third kappa shape index (κ3) is 5.23. The Bertz CT molecular complexity index is 830. The largest absolute Gasteiger partial charge is 0.496 e. The van der Waals surface area contributed by atoms with E-state index >= 15 is 0 Å². The normalized spacial score (nSPS) is 9.80. The van der Waals surface area contributed by atoms with Gasteiger partial charge >= 0.3 is 5.97 Å². The van der Waals surface area contributed by atoms with Crippen LogP contribution in [0.15, 0.2) is 42.5 Å². The number of benzene rings is 2. The van der Waals surface area contributed by atoms with E-state index in [1.807, 2.05) is 6.07 Å². The van der Waals surface area contributed by atoms with Gasteiger partial charge in [-0.1, -0.05) is 29.8 Å². The highest BCUT2D eigenvalue weighted by atomic mass is 35.5. The molecule has 0 fully saturated rings. The molecule has 0 radical (unpaired) electrons. The Hall–Kier alpha value is -3.04. The summed E-state index contributed by atoms with van der Waals surface area (Å²) in [6.45, 7) is -0.467. The summed E-state index contributed by atoms with van der Waals surface area (Å²) in [4.78, 5) is 23.8. The van der Waals surface area contributed by atoms with E-state index in [9.17, 15) is 9.59 Å². The average molecular weight is 359 g/mol. The van der Waals surface area contributed by atoms with Crippen molar-refractivity contribution in [3.63, 3.8) is 0 Å². The van der Waals surface area contributed by atoms with Crippen molar-refractivity contribution in [1.29, 1.82) is 5.26 Å². The Morgan fingerprint density at radius 2 is 2.00 bits per heavy atom. The number of methoxy groups -OCH3 is 1. The van der Waals surface area contributed by atoms with Crippen molar-refractivity contribution in [1.82, 2.24) is 0 Å². The van der Waals surface area contributed by atoms with Crippen molar-refractivity contribution in [3.05, 3.63) is 58.6 Å². The minimum Gasteiger partial charge on any atom is -0.496 e. The number of nitrogens with zero attached hydrogens (tertiary/aromatic N) is 1. The fourth-order valence-electron chi connectivity index (χ4n) is 2.11. The molecule has 6 nitrogen and oxygen atoms in total. The second-order valence-electron chi connectivity index (χ2n) is 5.00. The summed E-state index contributed by atoms with van der Waals surface area (Å²) in [6, 6.07) is 13.5. The zero-order chi connectivity index (χ0) is 18.2. The van der Waals surface area contributed by atoms with Crippen LogP contribution in [0, 0.1) is 11.3 Å². The minimum absolute atomic E-state index is 0.0160. The average Bonchev–Trinajstić information content (AvgIpc) is 2.60. The standard InChI is InChI=1S/C18H15ClN2O4/c1-24-16-5-3-2-4-12(16)8-18(23)25-11-17(22)21-15-9-14(19)7-6-13(15)10-20/h2-7,9H,8,11H2,1H3,(H,21,22). The van der Waals surface area contributed by atoms with E-state index in [0.29, 0.717) is 16.3 Å². The van der Waals surface area contributed by atoms with E-state index in [4.69, 9.17) is 26.3 Å². The van der Waals surface area contributed by atoms with Gasteiger partial charge in [0.2, 0.25) is 0 Å². The van der Waals surface area contributed by atoms with Gasteiger partial charge in [-0.05, 0) is 24.3 Å². The summed E-state index contributed by atoms with van der Waals surface area (Å²) < 4.78 is 10.1. The highest BCUT2D eigenvalue weighted by Gasteiger charge is 2.13. The number of anilines is 1. The van der Waals surface area contributed by atoms with Gasteiger partial charge < -0.3 is 14.8 Å². The van der Waals surface area contributed by atoms with Crippen molar-refractivity contribution in [2.75, 3.05) is 19.0 Å². The van der Waals surface area contributed by atoms with Gasteiger partial charge in [0.05, 0.1) is 24.8 Å². The topological polar surface area (TPSA) is 88.4 Å². The SMILES string of the molecule is COc1ccccc1CC(=O)OCC(=O)Nc1cc(Cl)ccc1C#N. The summed E-state index contributed by atoms with van der Waals surface area (Å²) >= 11 is 5.85. The van der Waals surface area contributed by atoms with Gasteiger partial charge in [0.15, 0.2) is 6.61 Å². The fourth-order valence-corrected chi connectivity index (χ4v) is 2.28. The van der Waals surface area contributed by atoms with Crippen LogP contribution in [0.5, 0.6) is 5.75 Å². The van der Waals surface area contributed by atoms with Crippen molar-refractivity contribution in [3.8, 4) is 11.8 Å². The summed E-state index contributed by atoms with van der Waals surface area (Å²) in [7, 11) is 1.51. The summed E-state index contributed by atoms with van der Waals surface area (Å²) in [5.74, 6) is -0.556. The van der Waals surface area contributed by atoms with E-state index in [1.165, 1.54) is 19.2 Å². The lowest BCUT2D eigenvalue weighted by Crippen LogP contribution is -2.22. The third-order valence-electron chi connectivity index (χ3n) is 3.27. The molecule has 0 saturated heterocycles. The molecule has 2 aromatic carbocycles. The molecule has 0 saturated carbocycles. The van der Waals surface area contributed by atoms with Crippen LogP contribution < -0.4 is 10.1 Å². The van der Waals surface area contributed by atoms with Crippen molar-refractivity contribution in [2.24, 2.45) is 0 Å². The zero-order valence-corrected chi connectivity index (χ0v) is 14.2. The van der Waals surface area contributed by atoms with Crippen LogP contribution in [0.4, 0.5) is 5.69 Å². The molecule has 0 aliphatic heterocycles. The highest BCUT2D eigenvalue weighted by Crippen LogP contribution is 2.20. The summed E-state index contributed by atoms with van der Waals surface area (Å²) in [5.41, 5.74) is 1.19. The van der Waals surface area contributed by atoms with Gasteiger partial charge in [0.1, 0.15) is 11.8 Å². The number of amides is 1. The Morgan fingerprint density at radius 3 is 2.72 bits per heavy atom. The van der Waals surface area contributed by atoms with E-state index in [2.05, 4.69) is 5.32 Å². The van der Waals surface area contributed by atoms with Crippen LogP contribution >= 0.6 is 11.6 Å². The van der Waals surface area contributed by atoms with E-state index in [0.717, 1.165) is 0 Å². The molecule has 1 amide bonds. The Kier molecular flexibility index (Phi) is 6.38. The lowest BCUT2D eigenvalue weighted by molar-refractivity contribution is -0.146. The molecule has 0 aromatic heterocycles. The first-order chi connectivity index (χ1) is 12.0. The summed E-state index contributed by atoms with van der Waals surface area (Å²) in [5, 5.41) is 11.9. The first kappa shape index (κ1) is 18.3. The molecule has 128 valence electrons. The van der Waals surface area contributed by atoms with Crippen molar-refractivity contribution in [2.45, 2.75) is 6.42 Å². The summed E-state index contributed by atoms with van der Waals surface area (Å²) in [6.07, 6.45) is -0.0160. The quantitative estimate of drug-likeness (QED) is 0.802. The maximum atomic E-state index is 11.9. The van der Waals surface area contributed by atoms with Crippen LogP contribution in [0.2, 0.25) is 5.02 Å². The minimum atomic E-state index is -0.564. The first-order valence-corrected chi connectivity index (χ1v) is 7.68. The maximum Gasteiger partial charge on any atom is 0.310 e. The Morgan fingerprint density at radius 1 is 1.24 bits per heavy atom. The number of carbonyl (C=O) groups excluding carboxylic acids is 2. The molecule has 2 rings (SSSR count). The second-order valence-corrected chi connectivity index (χ2v) is 5.44. The number of esters is 1. The lowest BCUT2D eigenvalue weighted by atomic mass is 10.1. The molecular weight excluding hydrogens is 344 g/mol. The molecular formula is C18H15ClN2O4. The number of halogens is 1. The molecule has 2 aromatic rings. The molecule has 0 bridgehead atoms. The molecule has 0 unspecified atom stereocenters. The van der Waals surface area contributed by atoms with Crippen LogP contribution in [0.1, 0.15) is 11.1 Å². The smallest absolute Gasteiger partial charge is 0.310 e. The van der Waals surface area contributed by atoms with Crippen molar-refractivity contribution < 1.29 is 19.1 Å². The predicted molar refractivity (Wildman–Crippen MR) is 92.5 cm³/mol. The van der Waals surface area contributed by atoms with Gasteiger partial charge in [-0.3, -0.25) is 9.59 Å². The Labute approximate surface area is 149 Å². The third-order valence-corrected chi connectivity index (χ3v) is 3.50. The number of nitrogens with one attached hydrogen (secondary N) is 1. The number of ether oxygens (including phenoxy) is 2. The van der Waals surface area contributed by atoms with Crippen LogP contribution in [0.3, 0.4) is 0 Å². The van der Waals surface area contributed by atoms with Gasteiger partial charge in [-0.25, -0.2) is 0 Å². The number of hydrogen-bond acceptors (Lipinski definition) is 5. The molecule has 0 atom stereocenters. The first-order valence-electron chi connectivity index (χ1n) is 7.30. The number of para-hydroxylation sites is 1. The van der Waals surface area contributed by atoms with Gasteiger partial charge in [-0.15, -0.1) is 0 Å². The van der Waals surface area contributed by atoms with Crippen molar-refractivity contribution >= 4 is 29.2 Å². The van der Waals surface area contributed by atoms with Crippen LogP contribution in [-0.4, -0.2) is 25.6 Å². The number of rotatable bonds is 6. The highest BCUT2D eigenvalue weighted by molar-refractivity contribution is 6.31. The molecule has 1 N–H and O–H groups in total. The molecule has 0 aliphatic rings. The predicted octanol–water partition coefficient (Wildman–Crippen LogP) is 2.94. The Balaban J connectivity index is 1.91. The fraction of sp³-hybridized carbons (Fsp3) is 0.167. The molecule has 0 aliphatic carbocycles. The van der Waals surface area contributed by atoms with Gasteiger partial charge in [0.25, 0.3) is 5.91 Å². The monoisotopic (exact) mass is 358 g/mol. The van der Waals surface area contributed by atoms with Crippen LogP contribution in [-0.2, 0) is 20.7 Å². The second kappa shape index (κ2) is 8.71. The molecule has 0 heterocycles.